The van der Waals surface area contributed by atoms with E-state index >= 15 is 0 Å². The number of ether oxygens (including phenoxy) is 1. The second-order valence-electron chi connectivity index (χ2n) is 8.07. The van der Waals surface area contributed by atoms with Gasteiger partial charge in [-0.25, -0.2) is 4.98 Å². The average Bonchev–Trinajstić information content (AvgIpc) is 2.82. The van der Waals surface area contributed by atoms with Crippen molar-refractivity contribution in [3.63, 3.8) is 0 Å². The summed E-state index contributed by atoms with van der Waals surface area (Å²) < 4.78 is 5.53. The molecule has 5 rings (SSSR count). The summed E-state index contributed by atoms with van der Waals surface area (Å²) in [6, 6.07) is 15.9. The summed E-state index contributed by atoms with van der Waals surface area (Å²) in [6.45, 7) is 1.90. The zero-order valence-corrected chi connectivity index (χ0v) is 19.6. The first-order valence-corrected chi connectivity index (χ1v) is 11.4. The molecular formula is C26H18Cl2N2O4. The van der Waals surface area contributed by atoms with Gasteiger partial charge < -0.3 is 4.74 Å². The van der Waals surface area contributed by atoms with Gasteiger partial charge in [-0.2, -0.15) is 0 Å². The number of benzene rings is 3. The molecule has 1 aliphatic rings. The molecule has 0 atom stereocenters. The summed E-state index contributed by atoms with van der Waals surface area (Å²) >= 11 is 12.5. The van der Waals surface area contributed by atoms with E-state index in [0.29, 0.717) is 32.4 Å². The van der Waals surface area contributed by atoms with Crippen molar-refractivity contribution in [2.24, 2.45) is 0 Å². The maximum Gasteiger partial charge on any atom is 0.311 e. The van der Waals surface area contributed by atoms with E-state index < -0.39 is 5.97 Å². The van der Waals surface area contributed by atoms with Crippen LogP contribution in [0.3, 0.4) is 0 Å². The standard InChI is InChI=1S/C26H18Cl2N2O4/c1-14-10-11-16-19(27)13-20(28)24(23(16)29-14)34-21(31)9-4-12-30-25(32)17-7-2-5-15-6-3-8-18(22(15)17)26(30)33/h2-3,5-8,10-11,13H,4,9,12H2,1H3. The Morgan fingerprint density at radius 2 is 1.65 bits per heavy atom. The minimum Gasteiger partial charge on any atom is -0.423 e. The third-order valence-corrected chi connectivity index (χ3v) is 6.41. The Labute approximate surface area is 205 Å². The van der Waals surface area contributed by atoms with Crippen LogP contribution < -0.4 is 4.74 Å². The van der Waals surface area contributed by atoms with E-state index in [2.05, 4.69) is 4.98 Å². The number of pyridine rings is 1. The number of carbonyl (C=O) groups excluding carboxylic acids is 3. The molecule has 0 fully saturated rings. The van der Waals surface area contributed by atoms with Gasteiger partial charge in [-0.1, -0.05) is 47.5 Å². The van der Waals surface area contributed by atoms with Gasteiger partial charge in [-0.15, -0.1) is 0 Å². The van der Waals surface area contributed by atoms with Crippen molar-refractivity contribution in [3.8, 4) is 5.75 Å². The van der Waals surface area contributed by atoms with Crippen molar-refractivity contribution < 1.29 is 19.1 Å². The summed E-state index contributed by atoms with van der Waals surface area (Å²) in [5, 5.41) is 2.72. The first-order valence-electron chi connectivity index (χ1n) is 10.7. The maximum atomic E-state index is 13.0. The molecule has 0 aliphatic carbocycles. The highest BCUT2D eigenvalue weighted by Crippen LogP contribution is 2.37. The van der Waals surface area contributed by atoms with Gasteiger partial charge in [0.2, 0.25) is 0 Å². The first-order chi connectivity index (χ1) is 16.3. The van der Waals surface area contributed by atoms with Crippen LogP contribution in [0.4, 0.5) is 0 Å². The predicted molar refractivity (Wildman–Crippen MR) is 131 cm³/mol. The summed E-state index contributed by atoms with van der Waals surface area (Å²) in [6.07, 6.45) is 0.221. The maximum absolute atomic E-state index is 13.0. The fraction of sp³-hybridized carbons (Fsp3) is 0.154. The van der Waals surface area contributed by atoms with Crippen LogP contribution in [-0.2, 0) is 4.79 Å². The number of hydrogen-bond acceptors (Lipinski definition) is 5. The molecule has 0 radical (unpaired) electrons. The average molecular weight is 493 g/mol. The Morgan fingerprint density at radius 3 is 2.32 bits per heavy atom. The van der Waals surface area contributed by atoms with E-state index in [1.54, 1.807) is 36.4 Å². The van der Waals surface area contributed by atoms with Crippen molar-refractivity contribution in [2.45, 2.75) is 19.8 Å². The van der Waals surface area contributed by atoms with Gasteiger partial charge in [-0.05, 0) is 49.1 Å². The number of aromatic nitrogens is 1. The zero-order valence-electron chi connectivity index (χ0n) is 18.1. The number of aryl methyl sites for hydroxylation is 1. The van der Waals surface area contributed by atoms with Crippen molar-refractivity contribution in [2.75, 3.05) is 6.54 Å². The summed E-state index contributed by atoms with van der Waals surface area (Å²) in [4.78, 5) is 44.2. The molecule has 3 aromatic carbocycles. The summed E-state index contributed by atoms with van der Waals surface area (Å²) in [5.41, 5.74) is 2.09. The number of imide groups is 1. The first kappa shape index (κ1) is 22.3. The highest BCUT2D eigenvalue weighted by atomic mass is 35.5. The molecule has 1 aliphatic heterocycles. The molecule has 6 nitrogen and oxygen atoms in total. The van der Waals surface area contributed by atoms with E-state index in [4.69, 9.17) is 27.9 Å². The molecular weight excluding hydrogens is 475 g/mol. The van der Waals surface area contributed by atoms with Crippen LogP contribution in [0.15, 0.2) is 54.6 Å². The van der Waals surface area contributed by atoms with Crippen LogP contribution in [-0.4, -0.2) is 34.2 Å². The molecule has 2 heterocycles. The van der Waals surface area contributed by atoms with Crippen LogP contribution in [0.1, 0.15) is 39.3 Å². The van der Waals surface area contributed by atoms with E-state index in [1.165, 1.54) is 11.0 Å². The molecule has 0 bridgehead atoms. The second kappa shape index (κ2) is 8.70. The number of fused-ring (bicyclic) bond motifs is 1. The van der Waals surface area contributed by atoms with Crippen molar-refractivity contribution in [1.82, 2.24) is 9.88 Å². The lowest BCUT2D eigenvalue weighted by Crippen LogP contribution is -2.41. The van der Waals surface area contributed by atoms with Crippen LogP contribution in [0.2, 0.25) is 10.0 Å². The highest BCUT2D eigenvalue weighted by molar-refractivity contribution is 6.39. The quantitative estimate of drug-likeness (QED) is 0.194. The molecule has 170 valence electrons. The lowest BCUT2D eigenvalue weighted by molar-refractivity contribution is -0.134. The molecule has 0 N–H and O–H groups in total. The second-order valence-corrected chi connectivity index (χ2v) is 8.88. The van der Waals surface area contributed by atoms with Gasteiger partial charge in [0.25, 0.3) is 11.8 Å². The molecule has 4 aromatic rings. The monoisotopic (exact) mass is 492 g/mol. The Bertz CT molecular complexity index is 1470. The van der Waals surface area contributed by atoms with Crippen molar-refractivity contribution in [1.29, 1.82) is 0 Å². The Kier molecular flexibility index (Phi) is 5.71. The largest absolute Gasteiger partial charge is 0.423 e. The zero-order chi connectivity index (χ0) is 24.0. The molecule has 0 saturated heterocycles. The number of hydrogen-bond donors (Lipinski definition) is 0. The minimum absolute atomic E-state index is 0.0187. The number of nitrogens with zero attached hydrogens (tertiary/aromatic N) is 2. The van der Waals surface area contributed by atoms with Gasteiger partial charge in [-0.3, -0.25) is 19.3 Å². The summed E-state index contributed by atoms with van der Waals surface area (Å²) in [5.74, 6) is -1.14. The van der Waals surface area contributed by atoms with Gasteiger partial charge in [0.05, 0.1) is 10.0 Å². The van der Waals surface area contributed by atoms with Crippen molar-refractivity contribution >= 4 is 62.7 Å². The van der Waals surface area contributed by atoms with Crippen LogP contribution in [0.5, 0.6) is 5.75 Å². The van der Waals surface area contributed by atoms with E-state index in [1.807, 2.05) is 19.1 Å². The number of amides is 2. The molecule has 0 unspecified atom stereocenters. The number of halogens is 2. The van der Waals surface area contributed by atoms with Gasteiger partial charge in [0.1, 0.15) is 5.52 Å². The van der Waals surface area contributed by atoms with E-state index in [9.17, 15) is 14.4 Å². The molecule has 8 heteroatoms. The van der Waals surface area contributed by atoms with Crippen LogP contribution in [0.25, 0.3) is 21.7 Å². The van der Waals surface area contributed by atoms with Crippen LogP contribution >= 0.6 is 23.2 Å². The molecule has 0 spiro atoms. The van der Waals surface area contributed by atoms with Crippen LogP contribution in [0, 0.1) is 6.92 Å². The predicted octanol–water partition coefficient (Wildman–Crippen LogP) is 5.99. The fourth-order valence-electron chi connectivity index (χ4n) is 4.22. The smallest absolute Gasteiger partial charge is 0.311 e. The van der Waals surface area contributed by atoms with Gasteiger partial charge in [0.15, 0.2) is 5.75 Å². The summed E-state index contributed by atoms with van der Waals surface area (Å²) in [7, 11) is 0. The topological polar surface area (TPSA) is 76.6 Å². The molecule has 2 amide bonds. The lowest BCUT2D eigenvalue weighted by Gasteiger charge is -2.27. The molecule has 1 aromatic heterocycles. The number of carbonyl (C=O) groups is 3. The molecule has 34 heavy (non-hydrogen) atoms. The minimum atomic E-state index is -0.548. The number of esters is 1. The number of rotatable bonds is 5. The van der Waals surface area contributed by atoms with Gasteiger partial charge >= 0.3 is 5.97 Å². The van der Waals surface area contributed by atoms with E-state index in [0.717, 1.165) is 11.1 Å². The third kappa shape index (κ3) is 3.79. The Hall–Kier alpha value is -3.48. The normalized spacial score (nSPS) is 13.1. The van der Waals surface area contributed by atoms with Crippen molar-refractivity contribution in [3.05, 3.63) is 81.5 Å². The van der Waals surface area contributed by atoms with E-state index in [-0.39, 0.29) is 42.0 Å². The Balaban J connectivity index is 1.31. The fourth-order valence-corrected chi connectivity index (χ4v) is 4.77. The molecule has 0 saturated carbocycles. The lowest BCUT2D eigenvalue weighted by atomic mass is 9.94. The van der Waals surface area contributed by atoms with Gasteiger partial charge in [0, 0.05) is 40.6 Å². The third-order valence-electron chi connectivity index (χ3n) is 5.81. The SMILES string of the molecule is Cc1ccc2c(Cl)cc(Cl)c(OC(=O)CCCN3C(=O)c4cccc5cccc(c45)C3=O)c2n1. The Morgan fingerprint density at radius 1 is 0.971 bits per heavy atom. The highest BCUT2D eigenvalue weighted by Gasteiger charge is 2.32.